The highest BCUT2D eigenvalue weighted by Gasteiger charge is 2.13. The molecule has 2 aromatic rings. The maximum Gasteiger partial charge on any atom is 0.388 e. The summed E-state index contributed by atoms with van der Waals surface area (Å²) in [4.78, 5) is 16.6. The maximum atomic E-state index is 10.7. The molecule has 2 rings (SSSR count). The average Bonchev–Trinajstić information content (AvgIpc) is 2.95. The molecule has 0 unspecified atom stereocenters. The highest BCUT2D eigenvalue weighted by atomic mass is 16.6. The number of allylic oxidation sites excluding steroid dienone is 3. The van der Waals surface area contributed by atoms with Crippen LogP contribution in [0.5, 0.6) is 0 Å². The number of imidazole rings is 1. The third-order valence-electron chi connectivity index (χ3n) is 2.79. The van der Waals surface area contributed by atoms with Gasteiger partial charge < -0.3 is 15.1 Å². The van der Waals surface area contributed by atoms with E-state index in [1.165, 1.54) is 6.33 Å². The van der Waals surface area contributed by atoms with Gasteiger partial charge in [0.25, 0.3) is 0 Å². The number of benzene rings is 1. The Balaban J connectivity index is 2.11. The van der Waals surface area contributed by atoms with Crippen molar-refractivity contribution in [3.8, 4) is 0 Å². The summed E-state index contributed by atoms with van der Waals surface area (Å²) in [6.45, 7) is 1.97. The normalized spacial score (nSPS) is 11.9. The lowest BCUT2D eigenvalue weighted by molar-refractivity contribution is -0.389. The molecular formula is C16H15N3O2. The molecule has 0 spiro atoms. The molecule has 1 aromatic heterocycles. The molecule has 0 aliphatic heterocycles. The Morgan fingerprint density at radius 1 is 1.10 bits per heavy atom. The summed E-state index contributed by atoms with van der Waals surface area (Å²) in [5.41, 5.74) is 2.44. The van der Waals surface area contributed by atoms with Gasteiger partial charge in [-0.25, -0.2) is 0 Å². The molecule has 0 saturated heterocycles. The van der Waals surface area contributed by atoms with E-state index in [1.807, 2.05) is 55.5 Å². The second kappa shape index (κ2) is 7.00. The van der Waals surface area contributed by atoms with Crippen LogP contribution in [0.4, 0.5) is 5.82 Å². The molecule has 0 amide bonds. The first-order chi connectivity index (χ1) is 10.2. The van der Waals surface area contributed by atoms with Crippen molar-refractivity contribution in [1.29, 1.82) is 0 Å². The number of aromatic nitrogens is 2. The van der Waals surface area contributed by atoms with Crippen LogP contribution < -0.4 is 0 Å². The molecule has 0 aliphatic rings. The minimum Gasteiger partial charge on any atom is -0.358 e. The molecule has 0 atom stereocenters. The molecule has 0 fully saturated rings. The van der Waals surface area contributed by atoms with Gasteiger partial charge in [0.1, 0.15) is 5.69 Å². The third kappa shape index (κ3) is 4.01. The van der Waals surface area contributed by atoms with E-state index < -0.39 is 4.92 Å². The molecule has 1 aromatic carbocycles. The fourth-order valence-corrected chi connectivity index (χ4v) is 1.74. The minimum atomic E-state index is -0.509. The summed E-state index contributed by atoms with van der Waals surface area (Å²) in [6.07, 6.45) is 12.7. The highest BCUT2D eigenvalue weighted by Crippen LogP contribution is 2.16. The lowest BCUT2D eigenvalue weighted by Crippen LogP contribution is -1.89. The SMILES string of the molecule is C/C=C\C=C/c1ccc(/C=C/c2[nH]cnc2[N+](=O)[O-])cc1. The molecule has 1 heterocycles. The smallest absolute Gasteiger partial charge is 0.358 e. The highest BCUT2D eigenvalue weighted by molar-refractivity contribution is 5.71. The fourth-order valence-electron chi connectivity index (χ4n) is 1.74. The first-order valence-corrected chi connectivity index (χ1v) is 6.46. The molecule has 0 radical (unpaired) electrons. The number of nitro groups is 1. The standard InChI is InChI=1S/C16H15N3O2/c1-2-3-4-5-13-6-8-14(9-7-13)10-11-15-16(19(20)21)18-12-17-15/h2-12H,1H3,(H,17,18)/b3-2-,5-4-,11-10+. The van der Waals surface area contributed by atoms with Crippen molar-refractivity contribution in [3.05, 3.63) is 75.8 Å². The minimum absolute atomic E-state index is 0.169. The van der Waals surface area contributed by atoms with Gasteiger partial charge in [0.15, 0.2) is 0 Å². The molecule has 106 valence electrons. The van der Waals surface area contributed by atoms with Crippen LogP contribution in [-0.4, -0.2) is 14.9 Å². The van der Waals surface area contributed by atoms with Crippen LogP contribution >= 0.6 is 0 Å². The van der Waals surface area contributed by atoms with Crippen LogP contribution in [0.2, 0.25) is 0 Å². The summed E-state index contributed by atoms with van der Waals surface area (Å²) in [5, 5.41) is 10.7. The number of nitrogens with zero attached hydrogens (tertiary/aromatic N) is 2. The predicted molar refractivity (Wildman–Crippen MR) is 84.5 cm³/mol. The summed E-state index contributed by atoms with van der Waals surface area (Å²) >= 11 is 0. The van der Waals surface area contributed by atoms with E-state index >= 15 is 0 Å². The second-order valence-electron chi connectivity index (χ2n) is 4.28. The van der Waals surface area contributed by atoms with E-state index in [9.17, 15) is 10.1 Å². The van der Waals surface area contributed by atoms with Gasteiger partial charge in [0.05, 0.1) is 0 Å². The van der Waals surface area contributed by atoms with Crippen molar-refractivity contribution in [2.24, 2.45) is 0 Å². The Hall–Kier alpha value is -2.95. The monoisotopic (exact) mass is 281 g/mol. The van der Waals surface area contributed by atoms with Gasteiger partial charge in [0, 0.05) is 0 Å². The lowest BCUT2D eigenvalue weighted by atomic mass is 10.1. The Morgan fingerprint density at radius 2 is 1.76 bits per heavy atom. The quantitative estimate of drug-likeness (QED) is 0.510. The van der Waals surface area contributed by atoms with Gasteiger partial charge in [-0.2, -0.15) is 0 Å². The molecule has 5 nitrogen and oxygen atoms in total. The molecule has 0 saturated carbocycles. The first kappa shape index (κ1) is 14.5. The van der Waals surface area contributed by atoms with Crippen molar-refractivity contribution in [2.45, 2.75) is 6.92 Å². The first-order valence-electron chi connectivity index (χ1n) is 6.46. The third-order valence-corrected chi connectivity index (χ3v) is 2.79. The summed E-state index contributed by atoms with van der Waals surface area (Å²) in [6, 6.07) is 7.88. The van der Waals surface area contributed by atoms with E-state index in [1.54, 1.807) is 12.2 Å². The number of hydrogen-bond donors (Lipinski definition) is 1. The van der Waals surface area contributed by atoms with Crippen molar-refractivity contribution in [1.82, 2.24) is 9.97 Å². The van der Waals surface area contributed by atoms with Gasteiger partial charge >= 0.3 is 5.82 Å². The number of aromatic amines is 1. The molecule has 5 heteroatoms. The lowest BCUT2D eigenvalue weighted by Gasteiger charge is -1.95. The average molecular weight is 281 g/mol. The molecule has 0 bridgehead atoms. The van der Waals surface area contributed by atoms with Gasteiger partial charge in [0.2, 0.25) is 6.33 Å². The zero-order valence-electron chi connectivity index (χ0n) is 11.6. The van der Waals surface area contributed by atoms with Crippen LogP contribution in [0.15, 0.2) is 48.8 Å². The van der Waals surface area contributed by atoms with Crippen molar-refractivity contribution >= 4 is 24.0 Å². The van der Waals surface area contributed by atoms with Crippen LogP contribution in [-0.2, 0) is 0 Å². The zero-order valence-corrected chi connectivity index (χ0v) is 11.6. The summed E-state index contributed by atoms with van der Waals surface area (Å²) in [5.74, 6) is -0.169. The second-order valence-corrected chi connectivity index (χ2v) is 4.28. The van der Waals surface area contributed by atoms with Crippen LogP contribution in [0.3, 0.4) is 0 Å². The number of nitrogens with one attached hydrogen (secondary N) is 1. The Labute approximate surface area is 122 Å². The fraction of sp³-hybridized carbons (Fsp3) is 0.0625. The number of hydrogen-bond acceptors (Lipinski definition) is 3. The summed E-state index contributed by atoms with van der Waals surface area (Å²) < 4.78 is 0. The predicted octanol–water partition coefficient (Wildman–Crippen LogP) is 4.08. The largest absolute Gasteiger partial charge is 0.388 e. The summed E-state index contributed by atoms with van der Waals surface area (Å²) in [7, 11) is 0. The van der Waals surface area contributed by atoms with Crippen LogP contribution in [0.1, 0.15) is 23.7 Å². The molecule has 0 aliphatic carbocycles. The van der Waals surface area contributed by atoms with Gasteiger partial charge in [-0.1, -0.05) is 54.6 Å². The van der Waals surface area contributed by atoms with Gasteiger partial charge in [-0.3, -0.25) is 0 Å². The van der Waals surface area contributed by atoms with Crippen LogP contribution in [0.25, 0.3) is 18.2 Å². The van der Waals surface area contributed by atoms with Crippen molar-refractivity contribution < 1.29 is 4.92 Å². The molecule has 21 heavy (non-hydrogen) atoms. The van der Waals surface area contributed by atoms with E-state index in [0.29, 0.717) is 5.69 Å². The van der Waals surface area contributed by atoms with E-state index in [2.05, 4.69) is 9.97 Å². The van der Waals surface area contributed by atoms with Gasteiger partial charge in [-0.15, -0.1) is 0 Å². The number of H-pyrrole nitrogens is 1. The van der Waals surface area contributed by atoms with E-state index in [0.717, 1.165) is 11.1 Å². The maximum absolute atomic E-state index is 10.7. The van der Waals surface area contributed by atoms with Crippen LogP contribution in [0, 0.1) is 10.1 Å². The van der Waals surface area contributed by atoms with Crippen molar-refractivity contribution in [2.75, 3.05) is 0 Å². The Morgan fingerprint density at radius 3 is 2.38 bits per heavy atom. The molecular weight excluding hydrogens is 266 g/mol. The van der Waals surface area contributed by atoms with E-state index in [-0.39, 0.29) is 5.82 Å². The van der Waals surface area contributed by atoms with E-state index in [4.69, 9.17) is 0 Å². The Kier molecular flexibility index (Phi) is 4.82. The number of rotatable bonds is 5. The topological polar surface area (TPSA) is 71.8 Å². The Bertz CT molecular complexity index is 695. The molecule has 1 N–H and O–H groups in total. The van der Waals surface area contributed by atoms with Crippen molar-refractivity contribution in [3.63, 3.8) is 0 Å². The van der Waals surface area contributed by atoms with Gasteiger partial charge in [-0.05, 0) is 34.0 Å². The zero-order chi connectivity index (χ0) is 15.1.